The van der Waals surface area contributed by atoms with Gasteiger partial charge in [0.05, 0.1) is 22.3 Å². The zero-order chi connectivity index (χ0) is 13.1. The predicted octanol–water partition coefficient (Wildman–Crippen LogP) is 3.43. The van der Waals surface area contributed by atoms with E-state index in [2.05, 4.69) is 9.97 Å². The molecular formula is C12H11Cl2N3O. The molecule has 0 unspecified atom stereocenters. The van der Waals surface area contributed by atoms with Crippen LogP contribution in [0.15, 0.2) is 24.4 Å². The van der Waals surface area contributed by atoms with E-state index >= 15 is 0 Å². The van der Waals surface area contributed by atoms with Gasteiger partial charge in [-0.25, -0.2) is 9.97 Å². The minimum Gasteiger partial charge on any atom is -0.492 e. The topological polar surface area (TPSA) is 61.0 Å². The summed E-state index contributed by atoms with van der Waals surface area (Å²) in [6, 6.07) is 5.09. The summed E-state index contributed by atoms with van der Waals surface area (Å²) in [5.74, 6) is 0.739. The molecule has 0 radical (unpaired) electrons. The number of nitrogens with zero attached hydrogens (tertiary/aromatic N) is 2. The van der Waals surface area contributed by atoms with E-state index in [1.165, 1.54) is 0 Å². The lowest BCUT2D eigenvalue weighted by Crippen LogP contribution is -1.97. The van der Waals surface area contributed by atoms with Gasteiger partial charge in [0.1, 0.15) is 5.75 Å². The number of nitrogen functional groups attached to an aromatic ring is 1. The van der Waals surface area contributed by atoms with Gasteiger partial charge in [0.25, 0.3) is 0 Å². The van der Waals surface area contributed by atoms with Crippen molar-refractivity contribution in [2.45, 2.75) is 6.92 Å². The highest BCUT2D eigenvalue weighted by atomic mass is 35.5. The summed E-state index contributed by atoms with van der Waals surface area (Å²) in [7, 11) is 0. The maximum absolute atomic E-state index is 6.18. The molecule has 0 aliphatic heterocycles. The van der Waals surface area contributed by atoms with Gasteiger partial charge in [-0.15, -0.1) is 0 Å². The summed E-state index contributed by atoms with van der Waals surface area (Å²) in [6.45, 7) is 2.40. The van der Waals surface area contributed by atoms with Crippen LogP contribution in [-0.2, 0) is 0 Å². The van der Waals surface area contributed by atoms with E-state index in [0.717, 1.165) is 0 Å². The lowest BCUT2D eigenvalue weighted by Gasteiger charge is -2.10. The van der Waals surface area contributed by atoms with Gasteiger partial charge in [0, 0.05) is 17.8 Å². The van der Waals surface area contributed by atoms with Crippen LogP contribution in [0.5, 0.6) is 5.75 Å². The standard InChI is InChI=1S/C12H11Cl2N3O/c1-2-18-11-6-8(13)7(5-9(11)14)10-3-4-16-12(15)17-10/h3-6H,2H2,1H3,(H2,15,16,17). The molecule has 1 aromatic heterocycles. The highest BCUT2D eigenvalue weighted by Gasteiger charge is 2.11. The Balaban J connectivity index is 2.49. The van der Waals surface area contributed by atoms with Crippen LogP contribution in [0.25, 0.3) is 11.3 Å². The van der Waals surface area contributed by atoms with Crippen LogP contribution in [0, 0.1) is 0 Å². The van der Waals surface area contributed by atoms with Gasteiger partial charge in [-0.05, 0) is 19.1 Å². The van der Waals surface area contributed by atoms with E-state index in [-0.39, 0.29) is 5.95 Å². The minimum absolute atomic E-state index is 0.188. The smallest absolute Gasteiger partial charge is 0.220 e. The fraction of sp³-hybridized carbons (Fsp3) is 0.167. The van der Waals surface area contributed by atoms with Gasteiger partial charge in [-0.2, -0.15) is 0 Å². The summed E-state index contributed by atoms with van der Waals surface area (Å²) < 4.78 is 5.36. The maximum atomic E-state index is 6.18. The Morgan fingerprint density at radius 3 is 2.72 bits per heavy atom. The average Bonchev–Trinajstić information content (AvgIpc) is 2.33. The van der Waals surface area contributed by atoms with Crippen molar-refractivity contribution in [1.29, 1.82) is 0 Å². The van der Waals surface area contributed by atoms with Crippen LogP contribution in [0.2, 0.25) is 10.0 Å². The number of halogens is 2. The van der Waals surface area contributed by atoms with Crippen LogP contribution in [0.1, 0.15) is 6.92 Å². The van der Waals surface area contributed by atoms with Crippen molar-refractivity contribution in [3.05, 3.63) is 34.4 Å². The minimum atomic E-state index is 0.188. The van der Waals surface area contributed by atoms with Crippen LogP contribution >= 0.6 is 23.2 Å². The van der Waals surface area contributed by atoms with Crippen molar-refractivity contribution < 1.29 is 4.74 Å². The number of rotatable bonds is 3. The second kappa shape index (κ2) is 5.42. The van der Waals surface area contributed by atoms with Crippen molar-refractivity contribution in [2.75, 3.05) is 12.3 Å². The Kier molecular flexibility index (Phi) is 3.89. The van der Waals surface area contributed by atoms with Gasteiger partial charge < -0.3 is 10.5 Å². The van der Waals surface area contributed by atoms with Crippen molar-refractivity contribution in [3.63, 3.8) is 0 Å². The van der Waals surface area contributed by atoms with Crippen molar-refractivity contribution >= 4 is 29.2 Å². The number of anilines is 1. The Morgan fingerprint density at radius 2 is 2.06 bits per heavy atom. The Labute approximate surface area is 115 Å². The van der Waals surface area contributed by atoms with Crippen molar-refractivity contribution in [3.8, 4) is 17.0 Å². The first kappa shape index (κ1) is 12.9. The molecule has 0 aliphatic carbocycles. The zero-order valence-corrected chi connectivity index (χ0v) is 11.2. The molecule has 2 rings (SSSR count). The molecule has 94 valence electrons. The quantitative estimate of drug-likeness (QED) is 0.938. The van der Waals surface area contributed by atoms with Crippen molar-refractivity contribution in [2.24, 2.45) is 0 Å². The van der Waals surface area contributed by atoms with E-state index < -0.39 is 0 Å². The van der Waals surface area contributed by atoms with Gasteiger partial charge >= 0.3 is 0 Å². The van der Waals surface area contributed by atoms with Gasteiger partial charge in [0.2, 0.25) is 5.95 Å². The first-order chi connectivity index (χ1) is 8.61. The fourth-order valence-electron chi connectivity index (χ4n) is 1.51. The summed E-state index contributed by atoms with van der Waals surface area (Å²) in [4.78, 5) is 7.93. The number of nitrogens with two attached hydrogens (primary N) is 1. The van der Waals surface area contributed by atoms with Crippen LogP contribution < -0.4 is 10.5 Å². The predicted molar refractivity (Wildman–Crippen MR) is 73.1 cm³/mol. The molecule has 4 nitrogen and oxygen atoms in total. The lowest BCUT2D eigenvalue weighted by molar-refractivity contribution is 0.340. The molecule has 0 spiro atoms. The Bertz CT molecular complexity index is 575. The van der Waals surface area contributed by atoms with Gasteiger partial charge in [-0.1, -0.05) is 23.2 Å². The normalized spacial score (nSPS) is 10.4. The molecule has 0 fully saturated rings. The monoisotopic (exact) mass is 283 g/mol. The Morgan fingerprint density at radius 1 is 1.28 bits per heavy atom. The number of hydrogen-bond donors (Lipinski definition) is 1. The zero-order valence-electron chi connectivity index (χ0n) is 9.65. The number of benzene rings is 1. The fourth-order valence-corrected chi connectivity index (χ4v) is 1.98. The Hall–Kier alpha value is -1.52. The van der Waals surface area contributed by atoms with Gasteiger partial charge in [0.15, 0.2) is 0 Å². The number of hydrogen-bond acceptors (Lipinski definition) is 4. The summed E-state index contributed by atoms with van der Waals surface area (Å²) in [6.07, 6.45) is 1.57. The highest BCUT2D eigenvalue weighted by molar-refractivity contribution is 6.36. The maximum Gasteiger partial charge on any atom is 0.220 e. The molecule has 0 aliphatic rings. The molecule has 1 heterocycles. The molecule has 0 atom stereocenters. The van der Waals surface area contributed by atoms with Gasteiger partial charge in [-0.3, -0.25) is 0 Å². The highest BCUT2D eigenvalue weighted by Crippen LogP contribution is 2.36. The van der Waals surface area contributed by atoms with E-state index in [9.17, 15) is 0 Å². The van der Waals surface area contributed by atoms with E-state index in [4.69, 9.17) is 33.7 Å². The molecule has 1 aromatic carbocycles. The molecule has 0 saturated heterocycles. The van der Waals surface area contributed by atoms with Crippen molar-refractivity contribution in [1.82, 2.24) is 9.97 Å². The third-order valence-corrected chi connectivity index (χ3v) is 2.88. The molecular weight excluding hydrogens is 273 g/mol. The third kappa shape index (κ3) is 2.66. The molecule has 18 heavy (non-hydrogen) atoms. The van der Waals surface area contributed by atoms with Crippen LogP contribution in [-0.4, -0.2) is 16.6 Å². The lowest BCUT2D eigenvalue weighted by atomic mass is 10.1. The second-order valence-electron chi connectivity index (χ2n) is 3.50. The summed E-state index contributed by atoms with van der Waals surface area (Å²) in [5.41, 5.74) is 6.86. The molecule has 2 N–H and O–H groups in total. The largest absolute Gasteiger partial charge is 0.492 e. The number of ether oxygens (including phenoxy) is 1. The first-order valence-corrected chi connectivity index (χ1v) is 6.08. The van der Waals surface area contributed by atoms with Crippen LogP contribution in [0.4, 0.5) is 5.95 Å². The molecule has 2 aromatic rings. The second-order valence-corrected chi connectivity index (χ2v) is 4.31. The molecule has 0 saturated carbocycles. The summed E-state index contributed by atoms with van der Waals surface area (Å²) >= 11 is 12.3. The van der Waals surface area contributed by atoms with E-state index in [1.807, 2.05) is 6.92 Å². The van der Waals surface area contributed by atoms with Crippen LogP contribution in [0.3, 0.4) is 0 Å². The average molecular weight is 284 g/mol. The molecule has 6 heteroatoms. The summed E-state index contributed by atoms with van der Waals surface area (Å²) in [5, 5.41) is 0.981. The molecule has 0 amide bonds. The number of aromatic nitrogens is 2. The van der Waals surface area contributed by atoms with E-state index in [0.29, 0.717) is 33.7 Å². The third-order valence-electron chi connectivity index (χ3n) is 2.27. The van der Waals surface area contributed by atoms with E-state index in [1.54, 1.807) is 24.4 Å². The first-order valence-electron chi connectivity index (χ1n) is 5.32. The molecule has 0 bridgehead atoms. The SMILES string of the molecule is CCOc1cc(Cl)c(-c2ccnc(N)n2)cc1Cl.